The first kappa shape index (κ1) is 14.0. The van der Waals surface area contributed by atoms with Gasteiger partial charge in [0.05, 0.1) is 5.70 Å². The SMILES string of the molecule is CC(C)(C)NC1=C(NC(C)(C)C)c2ccccc2C1. The summed E-state index contributed by atoms with van der Waals surface area (Å²) in [6, 6.07) is 8.66. The van der Waals surface area contributed by atoms with Crippen LogP contribution in [0.25, 0.3) is 5.70 Å². The minimum Gasteiger partial charge on any atom is -0.382 e. The van der Waals surface area contributed by atoms with Gasteiger partial charge in [0.15, 0.2) is 0 Å². The van der Waals surface area contributed by atoms with E-state index >= 15 is 0 Å². The van der Waals surface area contributed by atoms with Gasteiger partial charge in [-0.15, -0.1) is 0 Å². The summed E-state index contributed by atoms with van der Waals surface area (Å²) < 4.78 is 0. The maximum absolute atomic E-state index is 3.66. The number of fused-ring (bicyclic) bond motifs is 1. The van der Waals surface area contributed by atoms with Gasteiger partial charge in [-0.3, -0.25) is 0 Å². The van der Waals surface area contributed by atoms with Gasteiger partial charge in [0.25, 0.3) is 0 Å². The maximum atomic E-state index is 3.66. The van der Waals surface area contributed by atoms with Crippen LogP contribution in [0.4, 0.5) is 0 Å². The Balaban J connectivity index is 2.39. The molecule has 1 aromatic carbocycles. The van der Waals surface area contributed by atoms with Crippen molar-refractivity contribution in [3.05, 3.63) is 41.1 Å². The molecular weight excluding hydrogens is 232 g/mol. The van der Waals surface area contributed by atoms with Gasteiger partial charge in [0.2, 0.25) is 0 Å². The zero-order valence-electron chi connectivity index (χ0n) is 13.0. The van der Waals surface area contributed by atoms with Gasteiger partial charge in [-0.1, -0.05) is 24.3 Å². The third-order valence-corrected chi connectivity index (χ3v) is 2.98. The molecule has 0 fully saturated rings. The van der Waals surface area contributed by atoms with Crippen LogP contribution in [0, 0.1) is 0 Å². The minimum absolute atomic E-state index is 0.0671. The van der Waals surface area contributed by atoms with E-state index in [1.165, 1.54) is 22.5 Å². The Morgan fingerprint density at radius 3 is 2.00 bits per heavy atom. The van der Waals surface area contributed by atoms with E-state index in [-0.39, 0.29) is 11.1 Å². The standard InChI is InChI=1S/C17H26N2/c1-16(2,3)18-14-11-12-9-7-8-10-13(12)15(14)19-17(4,5)6/h7-10,18-19H,11H2,1-6H3. The van der Waals surface area contributed by atoms with Crippen molar-refractivity contribution in [1.29, 1.82) is 0 Å². The quantitative estimate of drug-likeness (QED) is 0.845. The fraction of sp³-hybridized carbons (Fsp3) is 0.529. The molecule has 0 saturated carbocycles. The van der Waals surface area contributed by atoms with Crippen LogP contribution < -0.4 is 10.6 Å². The first-order chi connectivity index (χ1) is 8.66. The van der Waals surface area contributed by atoms with Crippen molar-refractivity contribution in [3.8, 4) is 0 Å². The summed E-state index contributed by atoms with van der Waals surface area (Å²) in [4.78, 5) is 0. The first-order valence-corrected chi connectivity index (χ1v) is 7.03. The van der Waals surface area contributed by atoms with E-state index in [1.807, 2.05) is 0 Å². The molecule has 0 aromatic heterocycles. The number of nitrogens with one attached hydrogen (secondary N) is 2. The van der Waals surface area contributed by atoms with E-state index in [0.717, 1.165) is 6.42 Å². The van der Waals surface area contributed by atoms with E-state index < -0.39 is 0 Å². The predicted octanol–water partition coefficient (Wildman–Crippen LogP) is 3.69. The zero-order chi connectivity index (χ0) is 14.3. The van der Waals surface area contributed by atoms with Crippen LogP contribution in [-0.2, 0) is 6.42 Å². The van der Waals surface area contributed by atoms with Crippen molar-refractivity contribution in [2.75, 3.05) is 0 Å². The van der Waals surface area contributed by atoms with Crippen molar-refractivity contribution in [3.63, 3.8) is 0 Å². The van der Waals surface area contributed by atoms with Gasteiger partial charge in [-0.05, 0) is 47.1 Å². The molecule has 1 aliphatic carbocycles. The highest BCUT2D eigenvalue weighted by molar-refractivity contribution is 5.75. The molecule has 0 bridgehead atoms. The smallest absolute Gasteiger partial charge is 0.0617 e. The van der Waals surface area contributed by atoms with Crippen LogP contribution in [0.3, 0.4) is 0 Å². The highest BCUT2D eigenvalue weighted by atomic mass is 15.0. The van der Waals surface area contributed by atoms with Crippen LogP contribution in [0.1, 0.15) is 52.7 Å². The van der Waals surface area contributed by atoms with E-state index in [2.05, 4.69) is 76.4 Å². The summed E-state index contributed by atoms with van der Waals surface area (Å²) in [5, 5.41) is 7.32. The Morgan fingerprint density at radius 1 is 0.842 bits per heavy atom. The van der Waals surface area contributed by atoms with Gasteiger partial charge in [0.1, 0.15) is 0 Å². The van der Waals surface area contributed by atoms with Gasteiger partial charge in [0, 0.05) is 28.8 Å². The lowest BCUT2D eigenvalue weighted by atomic mass is 10.1. The van der Waals surface area contributed by atoms with Crippen molar-refractivity contribution in [1.82, 2.24) is 10.6 Å². The van der Waals surface area contributed by atoms with E-state index in [9.17, 15) is 0 Å². The van der Waals surface area contributed by atoms with Gasteiger partial charge < -0.3 is 10.6 Å². The summed E-state index contributed by atoms with van der Waals surface area (Å²) in [5.41, 5.74) is 5.46. The molecule has 1 aromatic rings. The van der Waals surface area contributed by atoms with E-state index in [1.54, 1.807) is 0 Å². The number of allylic oxidation sites excluding steroid dienone is 1. The molecule has 2 N–H and O–H groups in total. The third kappa shape index (κ3) is 3.52. The number of rotatable bonds is 2. The summed E-state index contributed by atoms with van der Waals surface area (Å²) in [7, 11) is 0. The second kappa shape index (κ2) is 4.59. The molecule has 2 nitrogen and oxygen atoms in total. The number of benzene rings is 1. The van der Waals surface area contributed by atoms with Crippen molar-refractivity contribution < 1.29 is 0 Å². The summed E-state index contributed by atoms with van der Waals surface area (Å²) in [6.45, 7) is 13.2. The molecule has 2 rings (SSSR count). The number of hydrogen-bond donors (Lipinski definition) is 2. The van der Waals surface area contributed by atoms with Crippen molar-refractivity contribution in [2.24, 2.45) is 0 Å². The third-order valence-electron chi connectivity index (χ3n) is 2.98. The Morgan fingerprint density at radius 2 is 1.42 bits per heavy atom. The van der Waals surface area contributed by atoms with Gasteiger partial charge in [-0.25, -0.2) is 0 Å². The average Bonchev–Trinajstić information content (AvgIpc) is 2.52. The van der Waals surface area contributed by atoms with Crippen molar-refractivity contribution in [2.45, 2.75) is 59.0 Å². The molecule has 1 aliphatic rings. The molecule has 0 saturated heterocycles. The molecule has 104 valence electrons. The van der Waals surface area contributed by atoms with Crippen LogP contribution in [-0.4, -0.2) is 11.1 Å². The second-order valence-electron chi connectivity index (χ2n) is 7.44. The highest BCUT2D eigenvalue weighted by Gasteiger charge is 2.26. The lowest BCUT2D eigenvalue weighted by molar-refractivity contribution is 0.461. The molecule has 0 unspecified atom stereocenters. The van der Waals surface area contributed by atoms with Gasteiger partial charge in [-0.2, -0.15) is 0 Å². The Kier molecular flexibility index (Phi) is 3.38. The van der Waals surface area contributed by atoms with E-state index in [0.29, 0.717) is 0 Å². The molecule has 0 aliphatic heterocycles. The second-order valence-corrected chi connectivity index (χ2v) is 7.44. The fourth-order valence-electron chi connectivity index (χ4n) is 2.44. The van der Waals surface area contributed by atoms with Crippen molar-refractivity contribution >= 4 is 5.70 Å². The molecule has 0 heterocycles. The molecule has 0 amide bonds. The normalized spacial score (nSPS) is 15.5. The van der Waals surface area contributed by atoms with E-state index in [4.69, 9.17) is 0 Å². The predicted molar refractivity (Wildman–Crippen MR) is 82.8 cm³/mol. The first-order valence-electron chi connectivity index (χ1n) is 7.03. The van der Waals surface area contributed by atoms with Crippen LogP contribution in [0.2, 0.25) is 0 Å². The lowest BCUT2D eigenvalue weighted by Gasteiger charge is -2.28. The number of hydrogen-bond acceptors (Lipinski definition) is 2. The summed E-state index contributed by atoms with van der Waals surface area (Å²) in [6.07, 6.45) is 0.992. The van der Waals surface area contributed by atoms with Crippen LogP contribution in [0.5, 0.6) is 0 Å². The van der Waals surface area contributed by atoms with Crippen LogP contribution in [0.15, 0.2) is 30.0 Å². The average molecular weight is 258 g/mol. The molecule has 0 radical (unpaired) electrons. The fourth-order valence-corrected chi connectivity index (χ4v) is 2.44. The summed E-state index contributed by atoms with van der Waals surface area (Å²) in [5.74, 6) is 0. The Bertz CT molecular complexity index is 499. The molecule has 0 spiro atoms. The monoisotopic (exact) mass is 258 g/mol. The minimum atomic E-state index is 0.0671. The van der Waals surface area contributed by atoms with Crippen LogP contribution >= 0.6 is 0 Å². The molecule has 19 heavy (non-hydrogen) atoms. The lowest BCUT2D eigenvalue weighted by Crippen LogP contribution is -2.39. The molecular formula is C17H26N2. The molecule has 0 atom stereocenters. The zero-order valence-corrected chi connectivity index (χ0v) is 13.0. The summed E-state index contributed by atoms with van der Waals surface area (Å²) >= 11 is 0. The Labute approximate surface area is 117 Å². The highest BCUT2D eigenvalue weighted by Crippen LogP contribution is 2.31. The largest absolute Gasteiger partial charge is 0.382 e. The Hall–Kier alpha value is -1.44. The van der Waals surface area contributed by atoms with Gasteiger partial charge >= 0.3 is 0 Å². The molecule has 2 heteroatoms. The topological polar surface area (TPSA) is 24.1 Å². The maximum Gasteiger partial charge on any atom is 0.0617 e.